The molecule has 0 aliphatic heterocycles. The number of methoxy groups -OCH3 is 2. The lowest BCUT2D eigenvalue weighted by molar-refractivity contribution is 0.185. The molecule has 2 rings (SSSR count). The van der Waals surface area contributed by atoms with Gasteiger partial charge in [-0.1, -0.05) is 30.3 Å². The molecule has 3 nitrogen and oxygen atoms in total. The quantitative estimate of drug-likeness (QED) is 0.837. The monoisotopic (exact) mass is 285 g/mol. The molecule has 21 heavy (non-hydrogen) atoms. The van der Waals surface area contributed by atoms with Crippen LogP contribution < -0.4 is 10.1 Å². The molecule has 0 aromatic heterocycles. The average Bonchev–Trinajstić information content (AvgIpc) is 2.50. The Morgan fingerprint density at radius 3 is 2.38 bits per heavy atom. The average molecular weight is 285 g/mol. The van der Waals surface area contributed by atoms with Crippen molar-refractivity contribution in [2.75, 3.05) is 19.5 Å². The van der Waals surface area contributed by atoms with E-state index in [1.54, 1.807) is 14.2 Å². The number of nitrogens with one attached hydrogen (secondary N) is 1. The van der Waals surface area contributed by atoms with Gasteiger partial charge in [-0.15, -0.1) is 0 Å². The molecule has 0 saturated heterocycles. The van der Waals surface area contributed by atoms with Gasteiger partial charge in [-0.05, 0) is 37.1 Å². The largest absolute Gasteiger partial charge is 0.497 e. The van der Waals surface area contributed by atoms with Crippen LogP contribution in [0.1, 0.15) is 18.1 Å². The summed E-state index contributed by atoms with van der Waals surface area (Å²) in [5.41, 5.74) is 3.61. The van der Waals surface area contributed by atoms with E-state index in [1.165, 1.54) is 11.1 Å². The van der Waals surface area contributed by atoms with Crippen molar-refractivity contribution in [3.8, 4) is 5.75 Å². The maximum Gasteiger partial charge on any atom is 0.118 e. The summed E-state index contributed by atoms with van der Waals surface area (Å²) in [7, 11) is 3.41. The highest BCUT2D eigenvalue weighted by molar-refractivity contribution is 5.51. The van der Waals surface area contributed by atoms with E-state index in [0.29, 0.717) is 12.6 Å². The Balaban J connectivity index is 1.99. The summed E-state index contributed by atoms with van der Waals surface area (Å²) in [6, 6.07) is 16.8. The highest BCUT2D eigenvalue weighted by atomic mass is 16.5. The van der Waals surface area contributed by atoms with Gasteiger partial charge in [0.05, 0.1) is 13.7 Å². The number of rotatable bonds is 7. The number of hydrogen-bond acceptors (Lipinski definition) is 3. The topological polar surface area (TPSA) is 30.5 Å². The molecule has 2 aromatic carbocycles. The number of ether oxygens (including phenoxy) is 2. The lowest BCUT2D eigenvalue weighted by Crippen LogP contribution is -2.19. The maximum atomic E-state index is 5.24. The summed E-state index contributed by atoms with van der Waals surface area (Å²) in [5.74, 6) is 0.893. The normalized spacial score (nSPS) is 12.0. The number of benzene rings is 2. The minimum Gasteiger partial charge on any atom is -0.497 e. The van der Waals surface area contributed by atoms with Crippen LogP contribution in [0.4, 0.5) is 5.69 Å². The molecule has 0 saturated carbocycles. The lowest BCUT2D eigenvalue weighted by Gasteiger charge is -2.18. The standard InChI is InChI=1S/C18H23NO2/c1-14(12-15-8-10-17(21-3)11-9-15)19-18-7-5-4-6-16(18)13-20-2/h4-11,14,19H,12-13H2,1-3H3. The van der Waals surface area contributed by atoms with Gasteiger partial charge in [0.1, 0.15) is 5.75 Å². The lowest BCUT2D eigenvalue weighted by atomic mass is 10.1. The fraction of sp³-hybridized carbons (Fsp3) is 0.333. The molecule has 0 heterocycles. The second-order valence-electron chi connectivity index (χ2n) is 5.19. The highest BCUT2D eigenvalue weighted by Gasteiger charge is 2.07. The van der Waals surface area contributed by atoms with E-state index in [9.17, 15) is 0 Å². The molecule has 0 spiro atoms. The predicted molar refractivity (Wildman–Crippen MR) is 86.9 cm³/mol. The maximum absolute atomic E-state index is 5.24. The summed E-state index contributed by atoms with van der Waals surface area (Å²) < 4.78 is 10.4. The molecule has 1 unspecified atom stereocenters. The number of para-hydroxylation sites is 1. The molecule has 0 radical (unpaired) electrons. The highest BCUT2D eigenvalue weighted by Crippen LogP contribution is 2.19. The molecule has 2 aromatic rings. The van der Waals surface area contributed by atoms with Gasteiger partial charge in [0.15, 0.2) is 0 Å². The first-order chi connectivity index (χ1) is 10.2. The fourth-order valence-electron chi connectivity index (χ4n) is 2.37. The molecule has 3 heteroatoms. The van der Waals surface area contributed by atoms with E-state index in [0.717, 1.165) is 17.9 Å². The van der Waals surface area contributed by atoms with Gasteiger partial charge in [-0.3, -0.25) is 0 Å². The van der Waals surface area contributed by atoms with E-state index >= 15 is 0 Å². The van der Waals surface area contributed by atoms with E-state index < -0.39 is 0 Å². The minimum atomic E-state index is 0.344. The van der Waals surface area contributed by atoms with Gasteiger partial charge in [0.25, 0.3) is 0 Å². The van der Waals surface area contributed by atoms with Crippen molar-refractivity contribution in [2.45, 2.75) is 26.0 Å². The van der Waals surface area contributed by atoms with Gasteiger partial charge < -0.3 is 14.8 Å². The SMILES string of the molecule is COCc1ccccc1NC(C)Cc1ccc(OC)cc1. The first-order valence-electron chi connectivity index (χ1n) is 7.19. The van der Waals surface area contributed by atoms with Crippen molar-refractivity contribution >= 4 is 5.69 Å². The molecule has 1 atom stereocenters. The Kier molecular flexibility index (Phi) is 5.64. The third-order valence-electron chi connectivity index (χ3n) is 3.42. The first-order valence-corrected chi connectivity index (χ1v) is 7.19. The van der Waals surface area contributed by atoms with Crippen molar-refractivity contribution in [2.24, 2.45) is 0 Å². The predicted octanol–water partition coefficient (Wildman–Crippen LogP) is 3.88. The molecule has 0 aliphatic carbocycles. The Labute approximate surface area is 126 Å². The zero-order chi connectivity index (χ0) is 15.1. The Hall–Kier alpha value is -2.00. The minimum absolute atomic E-state index is 0.344. The van der Waals surface area contributed by atoms with E-state index in [4.69, 9.17) is 9.47 Å². The zero-order valence-electron chi connectivity index (χ0n) is 12.9. The Morgan fingerprint density at radius 1 is 1.00 bits per heavy atom. The van der Waals surface area contributed by atoms with Gasteiger partial charge >= 0.3 is 0 Å². The van der Waals surface area contributed by atoms with Crippen molar-refractivity contribution in [1.82, 2.24) is 0 Å². The van der Waals surface area contributed by atoms with Gasteiger partial charge in [-0.2, -0.15) is 0 Å². The summed E-state index contributed by atoms with van der Waals surface area (Å²) in [5, 5.41) is 3.56. The molecule has 1 N–H and O–H groups in total. The Morgan fingerprint density at radius 2 is 1.71 bits per heavy atom. The molecule has 0 amide bonds. The summed E-state index contributed by atoms with van der Waals surface area (Å²) >= 11 is 0. The summed E-state index contributed by atoms with van der Waals surface area (Å²) in [4.78, 5) is 0. The molecule has 0 fully saturated rings. The molecular weight excluding hydrogens is 262 g/mol. The zero-order valence-corrected chi connectivity index (χ0v) is 12.9. The van der Waals surface area contributed by atoms with Crippen LogP contribution in [0.2, 0.25) is 0 Å². The van der Waals surface area contributed by atoms with Crippen LogP contribution in [-0.2, 0) is 17.8 Å². The fourth-order valence-corrected chi connectivity index (χ4v) is 2.37. The van der Waals surface area contributed by atoms with E-state index in [-0.39, 0.29) is 0 Å². The molecule has 0 bridgehead atoms. The second kappa shape index (κ2) is 7.70. The smallest absolute Gasteiger partial charge is 0.118 e. The van der Waals surface area contributed by atoms with Crippen molar-refractivity contribution in [3.63, 3.8) is 0 Å². The third-order valence-corrected chi connectivity index (χ3v) is 3.42. The van der Waals surface area contributed by atoms with Crippen molar-refractivity contribution < 1.29 is 9.47 Å². The Bertz CT molecular complexity index is 551. The summed E-state index contributed by atoms with van der Waals surface area (Å²) in [6.45, 7) is 2.81. The van der Waals surface area contributed by atoms with Crippen LogP contribution in [0.3, 0.4) is 0 Å². The number of hydrogen-bond donors (Lipinski definition) is 1. The van der Waals surface area contributed by atoms with Crippen LogP contribution >= 0.6 is 0 Å². The van der Waals surface area contributed by atoms with Crippen LogP contribution in [0.25, 0.3) is 0 Å². The van der Waals surface area contributed by atoms with E-state index in [1.807, 2.05) is 24.3 Å². The van der Waals surface area contributed by atoms with Crippen LogP contribution in [0.15, 0.2) is 48.5 Å². The molecular formula is C18H23NO2. The van der Waals surface area contributed by atoms with Gasteiger partial charge in [0, 0.05) is 24.4 Å². The van der Waals surface area contributed by atoms with Crippen LogP contribution in [0, 0.1) is 0 Å². The molecule has 112 valence electrons. The van der Waals surface area contributed by atoms with Gasteiger partial charge in [0.2, 0.25) is 0 Å². The molecule has 0 aliphatic rings. The number of anilines is 1. The van der Waals surface area contributed by atoms with Crippen molar-refractivity contribution in [3.05, 3.63) is 59.7 Å². The van der Waals surface area contributed by atoms with Crippen LogP contribution in [-0.4, -0.2) is 20.3 Å². The third kappa shape index (κ3) is 4.50. The van der Waals surface area contributed by atoms with Gasteiger partial charge in [-0.25, -0.2) is 0 Å². The first kappa shape index (κ1) is 15.4. The van der Waals surface area contributed by atoms with Crippen LogP contribution in [0.5, 0.6) is 5.75 Å². The second-order valence-corrected chi connectivity index (χ2v) is 5.19. The van der Waals surface area contributed by atoms with Crippen molar-refractivity contribution in [1.29, 1.82) is 0 Å². The van der Waals surface area contributed by atoms with E-state index in [2.05, 4.69) is 36.5 Å². The summed E-state index contributed by atoms with van der Waals surface area (Å²) in [6.07, 6.45) is 0.964.